The Bertz CT molecular complexity index is 1690. The van der Waals surface area contributed by atoms with Crippen LogP contribution in [0.3, 0.4) is 0 Å². The smallest absolute Gasteiger partial charge is 0.256 e. The molecule has 10 heteroatoms. The molecule has 2 atom stereocenters. The molecule has 2 amide bonds. The maximum absolute atomic E-state index is 14.2. The van der Waals surface area contributed by atoms with Gasteiger partial charge in [-0.15, -0.1) is 0 Å². The quantitative estimate of drug-likeness (QED) is 0.461. The average molecular weight is 604 g/mol. The number of fused-ring (bicyclic) bond motifs is 1. The molecule has 1 aromatic heterocycles. The zero-order valence-corrected chi connectivity index (χ0v) is 24.3. The number of amides is 2. The summed E-state index contributed by atoms with van der Waals surface area (Å²) in [4.78, 5) is 39.6. The fourth-order valence-corrected chi connectivity index (χ4v) is 6.52. The minimum absolute atomic E-state index is 0.0817. The van der Waals surface area contributed by atoms with E-state index in [4.69, 9.17) is 5.10 Å². The zero-order valence-electron chi connectivity index (χ0n) is 22.8. The number of aromatic hydroxyl groups is 1. The van der Waals surface area contributed by atoms with Gasteiger partial charge in [0.1, 0.15) is 18.1 Å². The summed E-state index contributed by atoms with van der Waals surface area (Å²) >= 11 is 3.52. The Balaban J connectivity index is 1.49. The van der Waals surface area contributed by atoms with Crippen LogP contribution in [0.4, 0.5) is 0 Å². The van der Waals surface area contributed by atoms with Crippen molar-refractivity contribution < 1.29 is 14.7 Å². The molecule has 3 aromatic rings. The van der Waals surface area contributed by atoms with Crippen LogP contribution in [0.15, 0.2) is 57.4 Å². The highest BCUT2D eigenvalue weighted by molar-refractivity contribution is 9.10. The monoisotopic (exact) mass is 602 g/mol. The molecular formula is C30H31BrN6O3. The molecule has 0 bridgehead atoms. The summed E-state index contributed by atoms with van der Waals surface area (Å²) in [7, 11) is 0. The topological polar surface area (TPSA) is 103 Å². The molecule has 0 spiro atoms. The number of carbonyl (C=O) groups excluding carboxylic acids is 2. The molecule has 4 heterocycles. The second-order valence-corrected chi connectivity index (χ2v) is 11.8. The van der Waals surface area contributed by atoms with E-state index >= 15 is 0 Å². The van der Waals surface area contributed by atoms with Gasteiger partial charge in [0.15, 0.2) is 0 Å². The maximum atomic E-state index is 14.2. The fourth-order valence-electron chi connectivity index (χ4n) is 6.08. The number of rotatable bonds is 4. The number of hydrogen-bond donors (Lipinski definition) is 1. The van der Waals surface area contributed by atoms with Crippen LogP contribution in [0.5, 0.6) is 5.75 Å². The van der Waals surface area contributed by atoms with Gasteiger partial charge < -0.3 is 14.9 Å². The third kappa shape index (κ3) is 4.16. The second kappa shape index (κ2) is 9.99. The van der Waals surface area contributed by atoms with E-state index in [0.29, 0.717) is 54.7 Å². The van der Waals surface area contributed by atoms with Gasteiger partial charge in [0.2, 0.25) is 5.91 Å². The highest BCUT2D eigenvalue weighted by Gasteiger charge is 2.42. The number of benzene rings is 2. The molecule has 0 saturated carbocycles. The molecule has 1 N–H and O–H groups in total. The van der Waals surface area contributed by atoms with Crippen LogP contribution >= 0.6 is 15.9 Å². The predicted octanol–water partition coefficient (Wildman–Crippen LogP) is 3.55. The van der Waals surface area contributed by atoms with Gasteiger partial charge in [0, 0.05) is 42.0 Å². The normalized spacial score (nSPS) is 19.4. The minimum Gasteiger partial charge on any atom is -0.506 e. The first-order valence-electron chi connectivity index (χ1n) is 13.5. The molecule has 2 unspecified atom stereocenters. The van der Waals surface area contributed by atoms with Crippen molar-refractivity contribution in [1.29, 1.82) is 0 Å². The van der Waals surface area contributed by atoms with E-state index < -0.39 is 6.04 Å². The fraction of sp³-hybridized carbons (Fsp3) is 0.367. The van der Waals surface area contributed by atoms with Crippen molar-refractivity contribution in [2.75, 3.05) is 26.3 Å². The standard InChI is InChI=1S/C30H31BrN6O3/c1-5-25(39)35-13-17(4)27-26-22(37(34-27)21-9-6-18(16(2)3)12-24(21)38)10-11-36(23(26)14-35)30(40)19-7-8-20(31)29-28(19)32-15-33-29/h5-9,12,16-17,23,38H,1,10-11,13-15H2,2-4H3. The minimum atomic E-state index is -0.413. The first kappa shape index (κ1) is 26.4. The molecule has 0 fully saturated rings. The lowest BCUT2D eigenvalue weighted by Crippen LogP contribution is -2.47. The molecule has 40 heavy (non-hydrogen) atoms. The third-order valence-electron chi connectivity index (χ3n) is 8.14. The maximum Gasteiger partial charge on any atom is 0.256 e. The average Bonchev–Trinajstić information content (AvgIpc) is 3.55. The number of phenolic OH excluding ortho intramolecular Hbond substituents is 1. The Labute approximate surface area is 240 Å². The van der Waals surface area contributed by atoms with Gasteiger partial charge in [-0.1, -0.05) is 33.4 Å². The van der Waals surface area contributed by atoms with Gasteiger partial charge in [0.05, 0.1) is 33.7 Å². The van der Waals surface area contributed by atoms with E-state index in [1.165, 1.54) is 6.08 Å². The molecule has 206 valence electrons. The summed E-state index contributed by atoms with van der Waals surface area (Å²) in [5, 5.41) is 17.3. The molecule has 0 aliphatic carbocycles. The van der Waals surface area contributed by atoms with E-state index in [1.54, 1.807) is 17.0 Å². The summed E-state index contributed by atoms with van der Waals surface area (Å²) < 4.78 is 2.64. The Morgan fingerprint density at radius 1 is 1.15 bits per heavy atom. The first-order valence-corrected chi connectivity index (χ1v) is 14.3. The van der Waals surface area contributed by atoms with Crippen molar-refractivity contribution in [2.24, 2.45) is 9.98 Å². The van der Waals surface area contributed by atoms with Gasteiger partial charge >= 0.3 is 0 Å². The van der Waals surface area contributed by atoms with E-state index in [0.717, 1.165) is 27.0 Å². The Morgan fingerprint density at radius 2 is 1.93 bits per heavy atom. The molecule has 3 aliphatic heterocycles. The molecular weight excluding hydrogens is 572 g/mol. The lowest BCUT2D eigenvalue weighted by atomic mass is 9.92. The zero-order chi connectivity index (χ0) is 28.3. The third-order valence-corrected chi connectivity index (χ3v) is 8.77. The molecule has 2 aromatic carbocycles. The van der Waals surface area contributed by atoms with Crippen molar-refractivity contribution in [3.8, 4) is 11.4 Å². The predicted molar refractivity (Wildman–Crippen MR) is 153 cm³/mol. The number of nitrogens with zero attached hydrogens (tertiary/aromatic N) is 6. The van der Waals surface area contributed by atoms with Crippen LogP contribution in [0, 0.1) is 0 Å². The summed E-state index contributed by atoms with van der Waals surface area (Å²) in [6.07, 6.45) is 1.88. The summed E-state index contributed by atoms with van der Waals surface area (Å²) in [5.74, 6) is 0.0432. The number of carbonyl (C=O) groups is 2. The van der Waals surface area contributed by atoms with Gasteiger partial charge in [-0.05, 0) is 57.8 Å². The lowest BCUT2D eigenvalue weighted by molar-refractivity contribution is -0.126. The van der Waals surface area contributed by atoms with Crippen molar-refractivity contribution in [3.63, 3.8) is 0 Å². The van der Waals surface area contributed by atoms with E-state index in [1.807, 2.05) is 34.7 Å². The number of halogens is 1. The molecule has 0 radical (unpaired) electrons. The van der Waals surface area contributed by atoms with Crippen LogP contribution < -0.4 is 10.7 Å². The van der Waals surface area contributed by atoms with Crippen LogP contribution in [0.2, 0.25) is 0 Å². The number of hydrogen-bond acceptors (Lipinski definition) is 6. The first-order chi connectivity index (χ1) is 19.2. The summed E-state index contributed by atoms with van der Waals surface area (Å²) in [6, 6.07) is 8.94. The second-order valence-electron chi connectivity index (χ2n) is 10.9. The molecule has 6 rings (SSSR count). The van der Waals surface area contributed by atoms with Crippen molar-refractivity contribution in [3.05, 3.63) is 86.3 Å². The number of aromatic nitrogens is 2. The highest BCUT2D eigenvalue weighted by Crippen LogP contribution is 2.41. The SMILES string of the molecule is C=CC(=O)N1CC(C)c2nn(-c3ccc(C(C)C)cc3O)c3c2C(C1)N(C(=O)c1ccc(Br)c2c1=NCN=2)CC3. The Hall–Kier alpha value is -3.79. The van der Waals surface area contributed by atoms with Gasteiger partial charge in [-0.25, -0.2) is 4.68 Å². The van der Waals surface area contributed by atoms with Crippen LogP contribution in [0.1, 0.15) is 71.5 Å². The number of phenols is 1. The van der Waals surface area contributed by atoms with Gasteiger partial charge in [-0.2, -0.15) is 5.10 Å². The molecule has 0 saturated heterocycles. The largest absolute Gasteiger partial charge is 0.506 e. The van der Waals surface area contributed by atoms with E-state index in [-0.39, 0.29) is 29.4 Å². The van der Waals surface area contributed by atoms with Gasteiger partial charge in [0.25, 0.3) is 5.91 Å². The molecule has 9 nitrogen and oxygen atoms in total. The summed E-state index contributed by atoms with van der Waals surface area (Å²) in [6.45, 7) is 11.4. The van der Waals surface area contributed by atoms with Crippen molar-refractivity contribution in [2.45, 2.75) is 45.1 Å². The molecule has 3 aliphatic rings. The Kier molecular flexibility index (Phi) is 6.60. The van der Waals surface area contributed by atoms with Crippen LogP contribution in [0.25, 0.3) is 5.69 Å². The van der Waals surface area contributed by atoms with Crippen LogP contribution in [-0.4, -0.2) is 62.8 Å². The van der Waals surface area contributed by atoms with Crippen molar-refractivity contribution in [1.82, 2.24) is 19.6 Å². The van der Waals surface area contributed by atoms with E-state index in [9.17, 15) is 14.7 Å². The van der Waals surface area contributed by atoms with Gasteiger partial charge in [-0.3, -0.25) is 19.6 Å². The highest BCUT2D eigenvalue weighted by atomic mass is 79.9. The van der Waals surface area contributed by atoms with Crippen LogP contribution in [-0.2, 0) is 11.2 Å². The van der Waals surface area contributed by atoms with Crippen molar-refractivity contribution >= 4 is 27.7 Å². The Morgan fingerprint density at radius 3 is 2.65 bits per heavy atom. The summed E-state index contributed by atoms with van der Waals surface area (Å²) in [5.41, 5.74) is 4.90. The lowest BCUT2D eigenvalue weighted by Gasteiger charge is -2.37. The van der Waals surface area contributed by atoms with E-state index in [2.05, 4.69) is 46.3 Å².